The molecule has 0 spiro atoms. The Kier molecular flexibility index (Phi) is 2.45. The number of benzene rings is 1. The average molecular weight is 251 g/mol. The minimum Gasteiger partial charge on any atom is -0.371 e. The van der Waals surface area contributed by atoms with Crippen LogP contribution < -0.4 is 4.90 Å². The Morgan fingerprint density at radius 2 is 1.50 bits per heavy atom. The van der Waals surface area contributed by atoms with Crippen LogP contribution in [0.1, 0.15) is 20.8 Å². The second kappa shape index (κ2) is 3.69. The maximum atomic E-state index is 13.2. The lowest BCUT2D eigenvalue weighted by Crippen LogP contribution is -2.27. The van der Waals surface area contributed by atoms with Gasteiger partial charge in [0.15, 0.2) is 0 Å². The van der Waals surface area contributed by atoms with E-state index in [1.165, 1.54) is 12.1 Å². The molecule has 1 nitrogen and oxygen atoms in total. The molecule has 0 radical (unpaired) electrons. The minimum atomic E-state index is -0.488. The van der Waals surface area contributed by atoms with E-state index in [0.29, 0.717) is 22.9 Å². The predicted octanol–water partition coefficient (Wildman–Crippen LogP) is 3.69. The fraction of sp³-hybridized carbons (Fsp3) is 0.600. The third kappa shape index (κ3) is 1.90. The van der Waals surface area contributed by atoms with E-state index in [9.17, 15) is 8.78 Å². The summed E-state index contributed by atoms with van der Waals surface area (Å²) in [4.78, 5) is 2.11. The van der Waals surface area contributed by atoms with Crippen molar-refractivity contribution in [3.8, 4) is 0 Å². The van der Waals surface area contributed by atoms with Gasteiger partial charge >= 0.3 is 0 Å². The molecule has 1 aromatic carbocycles. The number of hydrogen-bond acceptors (Lipinski definition) is 1. The normalized spacial score (nSPS) is 30.5. The second-order valence-corrected chi connectivity index (χ2v) is 6.75. The Bertz CT molecular complexity index is 446. The summed E-state index contributed by atoms with van der Waals surface area (Å²) in [6.45, 7) is 8.72. The fourth-order valence-corrected chi connectivity index (χ4v) is 3.74. The van der Waals surface area contributed by atoms with Gasteiger partial charge in [0, 0.05) is 24.8 Å². The van der Waals surface area contributed by atoms with Gasteiger partial charge in [-0.2, -0.15) is 0 Å². The van der Waals surface area contributed by atoms with Gasteiger partial charge in [0.1, 0.15) is 11.6 Å². The van der Waals surface area contributed by atoms with Crippen molar-refractivity contribution in [1.82, 2.24) is 0 Å². The van der Waals surface area contributed by atoms with Crippen molar-refractivity contribution in [3.63, 3.8) is 0 Å². The Morgan fingerprint density at radius 1 is 1.00 bits per heavy atom. The molecular weight excluding hydrogens is 232 g/mol. The molecule has 1 heterocycles. The molecule has 1 saturated carbocycles. The molecule has 1 aromatic rings. The van der Waals surface area contributed by atoms with Crippen molar-refractivity contribution in [2.24, 2.45) is 23.2 Å². The summed E-state index contributed by atoms with van der Waals surface area (Å²) in [6, 6.07) is 3.79. The highest BCUT2D eigenvalue weighted by Crippen LogP contribution is 2.60. The highest BCUT2D eigenvalue weighted by atomic mass is 19.1. The van der Waals surface area contributed by atoms with Crippen LogP contribution in [0.3, 0.4) is 0 Å². The van der Waals surface area contributed by atoms with Gasteiger partial charge in [-0.1, -0.05) is 20.8 Å². The van der Waals surface area contributed by atoms with Crippen LogP contribution in [0, 0.1) is 34.8 Å². The van der Waals surface area contributed by atoms with Crippen molar-refractivity contribution in [3.05, 3.63) is 29.8 Å². The Balaban J connectivity index is 1.73. The van der Waals surface area contributed by atoms with E-state index in [0.717, 1.165) is 25.1 Å². The molecule has 2 aliphatic rings. The van der Waals surface area contributed by atoms with Gasteiger partial charge < -0.3 is 4.90 Å². The minimum absolute atomic E-state index is 0.356. The standard InChI is InChI=1S/C15H19F2N/c1-15(2,3)14-12-7-18(8-13(12)14)11-5-9(16)4-10(17)6-11/h4-6,12-14H,7-8H2,1-3H3. The molecule has 3 heteroatoms. The van der Waals surface area contributed by atoms with Crippen LogP contribution in [0.2, 0.25) is 0 Å². The van der Waals surface area contributed by atoms with Crippen molar-refractivity contribution in [2.75, 3.05) is 18.0 Å². The summed E-state index contributed by atoms with van der Waals surface area (Å²) in [6.07, 6.45) is 0. The smallest absolute Gasteiger partial charge is 0.128 e. The molecule has 18 heavy (non-hydrogen) atoms. The Hall–Kier alpha value is -1.12. The van der Waals surface area contributed by atoms with Crippen molar-refractivity contribution in [1.29, 1.82) is 0 Å². The van der Waals surface area contributed by atoms with Crippen LogP contribution in [-0.2, 0) is 0 Å². The number of piperidine rings is 1. The quantitative estimate of drug-likeness (QED) is 0.735. The molecular formula is C15H19F2N. The van der Waals surface area contributed by atoms with Crippen molar-refractivity contribution in [2.45, 2.75) is 20.8 Å². The Morgan fingerprint density at radius 3 is 1.94 bits per heavy atom. The number of fused-ring (bicyclic) bond motifs is 1. The molecule has 2 atom stereocenters. The van der Waals surface area contributed by atoms with Gasteiger partial charge in [-0.15, -0.1) is 0 Å². The fourth-order valence-electron chi connectivity index (χ4n) is 3.74. The van der Waals surface area contributed by atoms with E-state index >= 15 is 0 Å². The van der Waals surface area contributed by atoms with Crippen LogP contribution in [0.4, 0.5) is 14.5 Å². The highest BCUT2D eigenvalue weighted by Gasteiger charge is 2.59. The summed E-state index contributed by atoms with van der Waals surface area (Å²) in [5.41, 5.74) is 1.04. The first-order chi connectivity index (χ1) is 8.36. The zero-order valence-electron chi connectivity index (χ0n) is 11.1. The number of rotatable bonds is 1. The van der Waals surface area contributed by atoms with E-state index in [1.54, 1.807) is 0 Å². The summed E-state index contributed by atoms with van der Waals surface area (Å²) in [7, 11) is 0. The number of anilines is 1. The number of nitrogens with zero attached hydrogens (tertiary/aromatic N) is 1. The van der Waals surface area contributed by atoms with Crippen LogP contribution in [0.5, 0.6) is 0 Å². The van der Waals surface area contributed by atoms with Gasteiger partial charge in [-0.25, -0.2) is 8.78 Å². The topological polar surface area (TPSA) is 3.24 Å². The van der Waals surface area contributed by atoms with Gasteiger partial charge in [0.05, 0.1) is 0 Å². The molecule has 1 aliphatic carbocycles. The first kappa shape index (κ1) is 11.9. The molecule has 98 valence electrons. The van der Waals surface area contributed by atoms with E-state index in [1.807, 2.05) is 0 Å². The van der Waals surface area contributed by atoms with Crippen LogP contribution in [0.25, 0.3) is 0 Å². The predicted molar refractivity (Wildman–Crippen MR) is 68.5 cm³/mol. The second-order valence-electron chi connectivity index (χ2n) is 6.75. The van der Waals surface area contributed by atoms with Crippen LogP contribution in [0.15, 0.2) is 18.2 Å². The zero-order valence-corrected chi connectivity index (χ0v) is 11.1. The number of halogens is 2. The average Bonchev–Trinajstić information content (AvgIpc) is 2.75. The molecule has 0 aromatic heterocycles. The lowest BCUT2D eigenvalue weighted by atomic mass is 9.87. The van der Waals surface area contributed by atoms with Gasteiger partial charge in [0.2, 0.25) is 0 Å². The Labute approximate surface area is 107 Å². The molecule has 0 N–H and O–H groups in total. The summed E-state index contributed by atoms with van der Waals surface area (Å²) < 4.78 is 26.4. The van der Waals surface area contributed by atoms with E-state index in [2.05, 4.69) is 25.7 Å². The largest absolute Gasteiger partial charge is 0.371 e. The molecule has 1 aliphatic heterocycles. The van der Waals surface area contributed by atoms with E-state index in [-0.39, 0.29) is 0 Å². The van der Waals surface area contributed by atoms with E-state index in [4.69, 9.17) is 0 Å². The SMILES string of the molecule is CC(C)(C)C1C2CN(c3cc(F)cc(F)c3)CC21. The molecule has 2 fully saturated rings. The summed E-state index contributed by atoms with van der Waals surface area (Å²) in [5.74, 6) is 1.20. The first-order valence-electron chi connectivity index (χ1n) is 6.57. The van der Waals surface area contributed by atoms with Gasteiger partial charge in [-0.3, -0.25) is 0 Å². The van der Waals surface area contributed by atoms with Gasteiger partial charge in [0.25, 0.3) is 0 Å². The van der Waals surface area contributed by atoms with Crippen molar-refractivity contribution >= 4 is 5.69 Å². The van der Waals surface area contributed by atoms with Crippen LogP contribution in [-0.4, -0.2) is 13.1 Å². The molecule has 2 unspecified atom stereocenters. The maximum Gasteiger partial charge on any atom is 0.128 e. The molecule has 3 rings (SSSR count). The van der Waals surface area contributed by atoms with E-state index < -0.39 is 11.6 Å². The summed E-state index contributed by atoms with van der Waals surface area (Å²) >= 11 is 0. The maximum absolute atomic E-state index is 13.2. The lowest BCUT2D eigenvalue weighted by Gasteiger charge is -2.27. The molecule has 0 bridgehead atoms. The van der Waals surface area contributed by atoms with Crippen LogP contribution >= 0.6 is 0 Å². The monoisotopic (exact) mass is 251 g/mol. The molecule has 1 saturated heterocycles. The summed E-state index contributed by atoms with van der Waals surface area (Å²) in [5, 5.41) is 0. The first-order valence-corrected chi connectivity index (χ1v) is 6.57. The highest BCUT2D eigenvalue weighted by molar-refractivity contribution is 5.49. The lowest BCUT2D eigenvalue weighted by molar-refractivity contribution is 0.309. The molecule has 0 amide bonds. The third-order valence-corrected chi connectivity index (χ3v) is 4.41. The zero-order chi connectivity index (χ0) is 13.1. The van der Waals surface area contributed by atoms with Gasteiger partial charge in [-0.05, 0) is 35.3 Å². The number of hydrogen-bond donors (Lipinski definition) is 0. The van der Waals surface area contributed by atoms with Crippen molar-refractivity contribution < 1.29 is 8.78 Å². The third-order valence-electron chi connectivity index (χ3n) is 4.41.